The third kappa shape index (κ3) is 2.90. The van der Waals surface area contributed by atoms with E-state index in [-0.39, 0.29) is 6.04 Å². The van der Waals surface area contributed by atoms with Gasteiger partial charge in [-0.2, -0.15) is 0 Å². The lowest BCUT2D eigenvalue weighted by Gasteiger charge is -2.37. The summed E-state index contributed by atoms with van der Waals surface area (Å²) in [5.41, 5.74) is 5.65. The number of rotatable bonds is 3. The number of hydrogen-bond donors (Lipinski definition) is 1. The lowest BCUT2D eigenvalue weighted by Crippen LogP contribution is -2.49. The maximum Gasteiger partial charge on any atom is 0.0899 e. The molecule has 0 amide bonds. The molecule has 1 saturated heterocycles. The first kappa shape index (κ1) is 11.9. The van der Waals surface area contributed by atoms with E-state index in [1.807, 2.05) is 0 Å². The molecule has 0 aromatic rings. The molecule has 3 nitrogen and oxygen atoms in total. The lowest BCUT2D eigenvalue weighted by molar-refractivity contribution is 0.135. The number of piperidine rings is 1. The fraction of sp³-hybridized carbons (Fsp3) is 0.900. The highest BCUT2D eigenvalue weighted by Gasteiger charge is 2.24. The van der Waals surface area contributed by atoms with Crippen molar-refractivity contribution in [2.24, 2.45) is 5.73 Å². The maximum atomic E-state index is 5.65. The van der Waals surface area contributed by atoms with Crippen LogP contribution in [0.5, 0.6) is 0 Å². The molecule has 0 aliphatic carbocycles. The first-order valence-electron chi connectivity index (χ1n) is 5.22. The Morgan fingerprint density at radius 1 is 1.50 bits per heavy atom. The highest BCUT2D eigenvalue weighted by molar-refractivity contribution is 7.80. The van der Waals surface area contributed by atoms with Gasteiger partial charge in [0, 0.05) is 6.04 Å². The zero-order valence-corrected chi connectivity index (χ0v) is 10.2. The summed E-state index contributed by atoms with van der Waals surface area (Å²) < 4.78 is 0. The summed E-state index contributed by atoms with van der Waals surface area (Å²) in [5, 5.41) is 0. The van der Waals surface area contributed by atoms with E-state index in [0.29, 0.717) is 11.0 Å². The van der Waals surface area contributed by atoms with E-state index in [0.717, 1.165) is 0 Å². The van der Waals surface area contributed by atoms with Crippen LogP contribution >= 0.6 is 12.2 Å². The number of thiocarbonyl (C=S) groups is 1. The largest absolute Gasteiger partial charge is 0.392 e. The van der Waals surface area contributed by atoms with Gasteiger partial charge in [-0.25, -0.2) is 0 Å². The average Bonchev–Trinajstić information content (AvgIpc) is 2.16. The van der Waals surface area contributed by atoms with Crippen molar-refractivity contribution in [2.75, 3.05) is 27.2 Å². The highest BCUT2D eigenvalue weighted by Crippen LogP contribution is 2.16. The molecule has 1 aliphatic heterocycles. The van der Waals surface area contributed by atoms with Gasteiger partial charge in [-0.3, -0.25) is 4.90 Å². The molecule has 0 spiro atoms. The predicted molar refractivity (Wildman–Crippen MR) is 64.5 cm³/mol. The minimum atomic E-state index is 0.221. The van der Waals surface area contributed by atoms with Gasteiger partial charge in [0.1, 0.15) is 0 Å². The summed E-state index contributed by atoms with van der Waals surface area (Å²) in [5.74, 6) is 0. The summed E-state index contributed by atoms with van der Waals surface area (Å²) in [7, 11) is 4.30. The average molecular weight is 215 g/mol. The van der Waals surface area contributed by atoms with Crippen LogP contribution in [-0.2, 0) is 0 Å². The molecule has 1 fully saturated rings. The zero-order chi connectivity index (χ0) is 10.7. The van der Waals surface area contributed by atoms with Crippen molar-refractivity contribution in [1.82, 2.24) is 9.80 Å². The van der Waals surface area contributed by atoms with Gasteiger partial charge in [0.25, 0.3) is 0 Å². The van der Waals surface area contributed by atoms with Crippen LogP contribution in [-0.4, -0.2) is 54.1 Å². The van der Waals surface area contributed by atoms with Gasteiger partial charge in [0.2, 0.25) is 0 Å². The van der Waals surface area contributed by atoms with Crippen molar-refractivity contribution in [3.63, 3.8) is 0 Å². The maximum absolute atomic E-state index is 5.65. The standard InChI is InChI=1S/C10H21N3S/c1-8(10(11)14)13(3)9-4-6-12(2)7-5-9/h8-9H,4-7H2,1-3H3,(H2,11,14). The Bertz CT molecular complexity index is 200. The van der Waals surface area contributed by atoms with Gasteiger partial charge in [-0.05, 0) is 47.0 Å². The van der Waals surface area contributed by atoms with Crippen LogP contribution in [0.25, 0.3) is 0 Å². The number of likely N-dealkylation sites (N-methyl/N-ethyl adjacent to an activating group) is 1. The molecular weight excluding hydrogens is 194 g/mol. The van der Waals surface area contributed by atoms with E-state index in [4.69, 9.17) is 18.0 Å². The topological polar surface area (TPSA) is 32.5 Å². The normalized spacial score (nSPS) is 22.6. The number of likely N-dealkylation sites (tertiary alicyclic amines) is 1. The Morgan fingerprint density at radius 2 is 2.00 bits per heavy atom. The molecule has 1 heterocycles. The lowest BCUT2D eigenvalue weighted by atomic mass is 10.0. The van der Waals surface area contributed by atoms with Crippen molar-refractivity contribution in [3.05, 3.63) is 0 Å². The van der Waals surface area contributed by atoms with Crippen LogP contribution in [0.4, 0.5) is 0 Å². The summed E-state index contributed by atoms with van der Waals surface area (Å²) in [6.07, 6.45) is 2.44. The van der Waals surface area contributed by atoms with E-state index in [1.165, 1.54) is 25.9 Å². The van der Waals surface area contributed by atoms with E-state index in [1.54, 1.807) is 0 Å². The Balaban J connectivity index is 2.45. The Hall–Kier alpha value is -0.190. The van der Waals surface area contributed by atoms with Crippen LogP contribution in [0.2, 0.25) is 0 Å². The van der Waals surface area contributed by atoms with Crippen LogP contribution in [0.15, 0.2) is 0 Å². The van der Waals surface area contributed by atoms with E-state index < -0.39 is 0 Å². The predicted octanol–water partition coefficient (Wildman–Crippen LogP) is 0.687. The van der Waals surface area contributed by atoms with Crippen LogP contribution in [0.3, 0.4) is 0 Å². The van der Waals surface area contributed by atoms with E-state index in [2.05, 4.69) is 30.8 Å². The molecule has 1 unspecified atom stereocenters. The molecule has 1 rings (SSSR count). The molecular formula is C10H21N3S. The van der Waals surface area contributed by atoms with Gasteiger partial charge in [0.15, 0.2) is 0 Å². The first-order chi connectivity index (χ1) is 6.52. The highest BCUT2D eigenvalue weighted by atomic mass is 32.1. The van der Waals surface area contributed by atoms with Gasteiger partial charge < -0.3 is 10.6 Å². The second-order valence-corrected chi connectivity index (χ2v) is 4.75. The molecule has 2 N–H and O–H groups in total. The fourth-order valence-corrected chi connectivity index (χ4v) is 2.09. The third-order valence-electron chi connectivity index (χ3n) is 3.29. The number of hydrogen-bond acceptors (Lipinski definition) is 3. The van der Waals surface area contributed by atoms with Crippen LogP contribution in [0.1, 0.15) is 19.8 Å². The third-order valence-corrected chi connectivity index (χ3v) is 3.63. The zero-order valence-electron chi connectivity index (χ0n) is 9.36. The van der Waals surface area contributed by atoms with Crippen LogP contribution in [0, 0.1) is 0 Å². The number of nitrogens with two attached hydrogens (primary N) is 1. The first-order valence-corrected chi connectivity index (χ1v) is 5.63. The van der Waals surface area contributed by atoms with Crippen molar-refractivity contribution in [2.45, 2.75) is 31.8 Å². The summed E-state index contributed by atoms with van der Waals surface area (Å²) in [6, 6.07) is 0.862. The number of nitrogens with zero attached hydrogens (tertiary/aromatic N) is 2. The Morgan fingerprint density at radius 3 is 2.43 bits per heavy atom. The summed E-state index contributed by atoms with van der Waals surface area (Å²) in [6.45, 7) is 4.44. The second-order valence-electron chi connectivity index (χ2n) is 4.28. The quantitative estimate of drug-likeness (QED) is 0.702. The van der Waals surface area contributed by atoms with Crippen molar-refractivity contribution in [1.29, 1.82) is 0 Å². The smallest absolute Gasteiger partial charge is 0.0899 e. The van der Waals surface area contributed by atoms with Crippen molar-refractivity contribution in [3.8, 4) is 0 Å². The molecule has 0 saturated carbocycles. The van der Waals surface area contributed by atoms with Gasteiger partial charge in [-0.15, -0.1) is 0 Å². The second kappa shape index (κ2) is 5.05. The van der Waals surface area contributed by atoms with Gasteiger partial charge in [-0.1, -0.05) is 12.2 Å². The molecule has 4 heteroatoms. The Kier molecular flexibility index (Phi) is 4.29. The van der Waals surface area contributed by atoms with Gasteiger partial charge in [0.05, 0.1) is 11.0 Å². The molecule has 0 bridgehead atoms. The summed E-state index contributed by atoms with van der Waals surface area (Å²) in [4.78, 5) is 5.29. The molecule has 1 atom stereocenters. The monoisotopic (exact) mass is 215 g/mol. The molecule has 14 heavy (non-hydrogen) atoms. The van der Waals surface area contributed by atoms with E-state index >= 15 is 0 Å². The van der Waals surface area contributed by atoms with E-state index in [9.17, 15) is 0 Å². The SMILES string of the molecule is CC(C(N)=S)N(C)C1CCN(C)CC1. The molecule has 82 valence electrons. The van der Waals surface area contributed by atoms with Crippen molar-refractivity contribution < 1.29 is 0 Å². The minimum absolute atomic E-state index is 0.221. The van der Waals surface area contributed by atoms with Crippen molar-refractivity contribution >= 4 is 17.2 Å². The van der Waals surface area contributed by atoms with Gasteiger partial charge >= 0.3 is 0 Å². The molecule has 0 aromatic carbocycles. The Labute approximate surface area is 92.2 Å². The fourth-order valence-electron chi connectivity index (χ4n) is 1.92. The summed E-state index contributed by atoms with van der Waals surface area (Å²) >= 11 is 5.01. The van der Waals surface area contributed by atoms with Crippen LogP contribution < -0.4 is 5.73 Å². The minimum Gasteiger partial charge on any atom is -0.392 e. The molecule has 1 aliphatic rings. The molecule has 0 radical (unpaired) electrons. The molecule has 0 aromatic heterocycles.